The van der Waals surface area contributed by atoms with Gasteiger partial charge in [-0.25, -0.2) is 0 Å². The molecule has 0 radical (unpaired) electrons. The lowest BCUT2D eigenvalue weighted by Crippen LogP contribution is -2.44. The highest BCUT2D eigenvalue weighted by molar-refractivity contribution is 5.79. The summed E-state index contributed by atoms with van der Waals surface area (Å²) in [6.07, 6.45) is 8.16. The zero-order valence-corrected chi connectivity index (χ0v) is 24.4. The fourth-order valence-electron chi connectivity index (χ4n) is 7.68. The second-order valence-corrected chi connectivity index (χ2v) is 12.6. The molecular formula is C34H44N2O5. The van der Waals surface area contributed by atoms with E-state index in [2.05, 4.69) is 23.9 Å². The van der Waals surface area contributed by atoms with Crippen LogP contribution in [-0.4, -0.2) is 85.4 Å². The van der Waals surface area contributed by atoms with E-state index in [1.807, 2.05) is 60.7 Å². The lowest BCUT2D eigenvalue weighted by atomic mass is 9.97. The normalized spacial score (nSPS) is 31.0. The lowest BCUT2D eigenvalue weighted by Gasteiger charge is -2.36. The molecule has 8 atom stereocenters. The van der Waals surface area contributed by atoms with Gasteiger partial charge in [0.25, 0.3) is 0 Å². The Morgan fingerprint density at radius 2 is 0.976 bits per heavy atom. The van der Waals surface area contributed by atoms with E-state index in [9.17, 15) is 9.59 Å². The van der Waals surface area contributed by atoms with E-state index in [0.29, 0.717) is 24.2 Å². The van der Waals surface area contributed by atoms with Crippen LogP contribution in [0.3, 0.4) is 0 Å². The van der Waals surface area contributed by atoms with Crippen LogP contribution in [0.2, 0.25) is 0 Å². The number of nitrogens with zero attached hydrogens (tertiary/aromatic N) is 2. The quantitative estimate of drug-likeness (QED) is 0.383. The molecule has 4 bridgehead atoms. The molecule has 41 heavy (non-hydrogen) atoms. The first-order valence-electron chi connectivity index (χ1n) is 15.5. The average molecular weight is 561 g/mol. The minimum atomic E-state index is -0.551. The van der Waals surface area contributed by atoms with Crippen molar-refractivity contribution in [3.05, 3.63) is 71.8 Å². The number of piperidine rings is 2. The van der Waals surface area contributed by atoms with Crippen molar-refractivity contribution >= 4 is 11.9 Å². The monoisotopic (exact) mass is 560 g/mol. The Bertz CT molecular complexity index is 1060. The maximum Gasteiger partial charge on any atom is 0.316 e. The first-order chi connectivity index (χ1) is 20.0. The van der Waals surface area contributed by atoms with Gasteiger partial charge in [0.1, 0.15) is 24.0 Å². The molecule has 0 spiro atoms. The van der Waals surface area contributed by atoms with Gasteiger partial charge in [-0.3, -0.25) is 9.59 Å². The van der Waals surface area contributed by atoms with Crippen LogP contribution < -0.4 is 0 Å². The van der Waals surface area contributed by atoms with E-state index in [1.165, 1.54) is 25.7 Å². The Morgan fingerprint density at radius 3 is 1.32 bits per heavy atom. The molecule has 4 aliphatic rings. The molecule has 4 aliphatic heterocycles. The third kappa shape index (κ3) is 6.37. The molecule has 4 heterocycles. The van der Waals surface area contributed by atoms with Gasteiger partial charge in [0.05, 0.1) is 13.2 Å². The Morgan fingerprint density at radius 1 is 0.634 bits per heavy atom. The van der Waals surface area contributed by atoms with Crippen molar-refractivity contribution < 1.29 is 23.8 Å². The summed E-state index contributed by atoms with van der Waals surface area (Å²) in [5.74, 6) is -1.59. The highest BCUT2D eigenvalue weighted by Gasteiger charge is 2.42. The van der Waals surface area contributed by atoms with Gasteiger partial charge in [0.2, 0.25) is 0 Å². The zero-order valence-electron chi connectivity index (χ0n) is 24.4. The SMILES string of the molecule is CN1[C@@H]2CC[C@H]1CC(OC(=O)C(COCC(C(=O)OC1C[C@H]3CC[C@@H](C1)N3C)c1ccccc1)c1ccccc1)C2. The van der Waals surface area contributed by atoms with Crippen LogP contribution >= 0.6 is 0 Å². The standard InChI is InChI=1S/C34H44N2O5/c1-35-25-13-14-26(35)18-29(17-25)40-33(37)31(23-9-5-3-6-10-23)21-39-22-32(24-11-7-4-8-12-24)34(38)41-30-19-27-15-16-28(20-30)36(27)2/h3-12,25-32H,13-22H2,1-2H3/t25-,26+,27-,28+,29?,30?,31?,32?. The molecule has 0 aromatic heterocycles. The van der Waals surface area contributed by atoms with Crippen LogP contribution in [0, 0.1) is 0 Å². The van der Waals surface area contributed by atoms with E-state index >= 15 is 0 Å². The van der Waals surface area contributed by atoms with Gasteiger partial charge in [0.15, 0.2) is 0 Å². The summed E-state index contributed by atoms with van der Waals surface area (Å²) >= 11 is 0. The van der Waals surface area contributed by atoms with Crippen LogP contribution in [0.15, 0.2) is 60.7 Å². The second-order valence-electron chi connectivity index (χ2n) is 12.6. The maximum atomic E-state index is 13.6. The molecule has 7 nitrogen and oxygen atoms in total. The number of hydrogen-bond acceptors (Lipinski definition) is 7. The van der Waals surface area contributed by atoms with Crippen LogP contribution in [0.5, 0.6) is 0 Å². The van der Waals surface area contributed by atoms with E-state index in [1.54, 1.807) is 0 Å². The van der Waals surface area contributed by atoms with Gasteiger partial charge in [-0.05, 0) is 76.6 Å². The summed E-state index contributed by atoms with van der Waals surface area (Å²) in [5.41, 5.74) is 1.74. The van der Waals surface area contributed by atoms with Gasteiger partial charge in [-0.1, -0.05) is 60.7 Å². The molecule has 0 saturated carbocycles. The predicted octanol–water partition coefficient (Wildman–Crippen LogP) is 4.91. The highest BCUT2D eigenvalue weighted by atomic mass is 16.6. The second kappa shape index (κ2) is 12.6. The fraction of sp³-hybridized carbons (Fsp3) is 0.588. The Hall–Kier alpha value is -2.74. The van der Waals surface area contributed by atoms with Crippen molar-refractivity contribution in [3.63, 3.8) is 0 Å². The number of rotatable bonds is 10. The Balaban J connectivity index is 1.11. The van der Waals surface area contributed by atoms with Gasteiger partial charge in [-0.15, -0.1) is 0 Å². The molecule has 0 aliphatic carbocycles. The van der Waals surface area contributed by atoms with E-state index in [4.69, 9.17) is 14.2 Å². The summed E-state index contributed by atoms with van der Waals surface area (Å²) < 4.78 is 18.5. The number of ether oxygens (including phenoxy) is 3. The first kappa shape index (κ1) is 28.4. The van der Waals surface area contributed by atoms with Crippen LogP contribution in [0.4, 0.5) is 0 Å². The molecule has 220 valence electrons. The number of esters is 2. The Labute approximate surface area is 244 Å². The number of hydrogen-bond donors (Lipinski definition) is 0. The van der Waals surface area contributed by atoms with Gasteiger partial charge < -0.3 is 24.0 Å². The average Bonchev–Trinajstić information content (AvgIpc) is 3.30. The molecule has 2 aromatic rings. The number of carbonyl (C=O) groups excluding carboxylic acids is 2. The molecule has 4 unspecified atom stereocenters. The lowest BCUT2D eigenvalue weighted by molar-refractivity contribution is -0.157. The third-order valence-corrected chi connectivity index (χ3v) is 10.2. The fourth-order valence-corrected chi connectivity index (χ4v) is 7.68. The van der Waals surface area contributed by atoms with E-state index < -0.39 is 11.8 Å². The predicted molar refractivity (Wildman–Crippen MR) is 157 cm³/mol. The molecule has 0 N–H and O–H groups in total. The maximum absolute atomic E-state index is 13.6. The molecular weight excluding hydrogens is 516 g/mol. The van der Waals surface area contributed by atoms with Gasteiger partial charge >= 0.3 is 11.9 Å². The molecule has 4 fully saturated rings. The smallest absolute Gasteiger partial charge is 0.316 e. The van der Waals surface area contributed by atoms with E-state index in [-0.39, 0.29) is 37.4 Å². The van der Waals surface area contributed by atoms with Crippen LogP contribution in [0.25, 0.3) is 0 Å². The number of carbonyl (C=O) groups is 2. The number of fused-ring (bicyclic) bond motifs is 4. The minimum Gasteiger partial charge on any atom is -0.462 e. The minimum absolute atomic E-state index is 0.0562. The Kier molecular flexibility index (Phi) is 8.75. The summed E-state index contributed by atoms with van der Waals surface area (Å²) in [4.78, 5) is 32.0. The zero-order chi connectivity index (χ0) is 28.3. The summed E-state index contributed by atoms with van der Waals surface area (Å²) in [6, 6.07) is 21.4. The van der Waals surface area contributed by atoms with Crippen LogP contribution in [-0.2, 0) is 23.8 Å². The van der Waals surface area contributed by atoms with Crippen LogP contribution in [0.1, 0.15) is 74.3 Å². The molecule has 4 saturated heterocycles. The topological polar surface area (TPSA) is 68.3 Å². The van der Waals surface area contributed by atoms with Gasteiger partial charge in [-0.2, -0.15) is 0 Å². The molecule has 6 rings (SSSR count). The van der Waals surface area contributed by atoms with Crippen molar-refractivity contribution in [2.75, 3.05) is 27.3 Å². The molecule has 0 amide bonds. The van der Waals surface area contributed by atoms with E-state index in [0.717, 1.165) is 36.8 Å². The first-order valence-corrected chi connectivity index (χ1v) is 15.5. The molecule has 7 heteroatoms. The van der Waals surface area contributed by atoms with Crippen molar-refractivity contribution in [1.29, 1.82) is 0 Å². The summed E-state index contributed by atoms with van der Waals surface area (Å²) in [7, 11) is 4.37. The largest absolute Gasteiger partial charge is 0.462 e. The van der Waals surface area contributed by atoms with Crippen molar-refractivity contribution in [3.8, 4) is 0 Å². The van der Waals surface area contributed by atoms with Crippen molar-refractivity contribution in [2.24, 2.45) is 0 Å². The molecule has 2 aromatic carbocycles. The summed E-state index contributed by atoms with van der Waals surface area (Å²) in [5, 5.41) is 0. The van der Waals surface area contributed by atoms with Gasteiger partial charge in [0, 0.05) is 24.2 Å². The third-order valence-electron chi connectivity index (χ3n) is 10.2. The van der Waals surface area contributed by atoms with Crippen molar-refractivity contribution in [2.45, 2.75) is 99.6 Å². The van der Waals surface area contributed by atoms with Crippen molar-refractivity contribution in [1.82, 2.24) is 9.80 Å². The highest BCUT2D eigenvalue weighted by Crippen LogP contribution is 2.37. The number of benzene rings is 2. The summed E-state index contributed by atoms with van der Waals surface area (Å²) in [6.45, 7) is 0.300.